The number of aromatic amines is 1. The van der Waals surface area contributed by atoms with Crippen molar-refractivity contribution in [1.29, 1.82) is 0 Å². The largest absolute Gasteiger partial charge is 0.491 e. The number of rotatable bonds is 9. The molecule has 0 bridgehead atoms. The van der Waals surface area contributed by atoms with Crippen molar-refractivity contribution in [2.75, 3.05) is 39.1 Å². The highest BCUT2D eigenvalue weighted by molar-refractivity contribution is 5.74. The Hall–Kier alpha value is -3.11. The molecule has 4 N–H and O–H groups in total. The van der Waals surface area contributed by atoms with Crippen LogP contribution < -0.4 is 26.2 Å². The lowest BCUT2D eigenvalue weighted by molar-refractivity contribution is -0.856. The van der Waals surface area contributed by atoms with E-state index < -0.39 is 17.4 Å². The van der Waals surface area contributed by atoms with Crippen LogP contribution in [0.2, 0.25) is 0 Å². The van der Waals surface area contributed by atoms with Crippen LogP contribution in [-0.2, 0) is 13.6 Å². The van der Waals surface area contributed by atoms with Crippen LogP contribution in [0.15, 0.2) is 33.9 Å². The summed E-state index contributed by atoms with van der Waals surface area (Å²) in [7, 11) is 5.61. The lowest BCUT2D eigenvalue weighted by atomic mass is 10.2. The van der Waals surface area contributed by atoms with Crippen molar-refractivity contribution in [2.45, 2.75) is 19.6 Å². The Morgan fingerprint density at radius 1 is 1.33 bits per heavy atom. The highest BCUT2D eigenvalue weighted by atomic mass is 16.5. The van der Waals surface area contributed by atoms with Crippen molar-refractivity contribution >= 4 is 17.1 Å². The normalized spacial score (nSPS) is 12.5. The van der Waals surface area contributed by atoms with Gasteiger partial charge >= 0.3 is 5.69 Å². The molecule has 0 saturated carbocycles. The zero-order valence-electron chi connectivity index (χ0n) is 17.7. The predicted molar refractivity (Wildman–Crippen MR) is 114 cm³/mol. The van der Waals surface area contributed by atoms with Crippen molar-refractivity contribution in [3.05, 3.63) is 50.7 Å². The number of benzene rings is 1. The van der Waals surface area contributed by atoms with Crippen LogP contribution in [0.1, 0.15) is 5.56 Å². The van der Waals surface area contributed by atoms with Gasteiger partial charge in [-0.1, -0.05) is 12.1 Å². The fourth-order valence-electron chi connectivity index (χ4n) is 3.13. The van der Waals surface area contributed by atoms with E-state index in [9.17, 15) is 14.7 Å². The van der Waals surface area contributed by atoms with E-state index in [0.717, 1.165) is 12.1 Å². The molecule has 0 unspecified atom stereocenters. The molecular weight excluding hydrogens is 388 g/mol. The predicted octanol–water partition coefficient (Wildman–Crippen LogP) is -1.27. The van der Waals surface area contributed by atoms with Gasteiger partial charge < -0.3 is 24.6 Å². The highest BCUT2D eigenvalue weighted by Gasteiger charge is 2.20. The third kappa shape index (κ3) is 4.89. The van der Waals surface area contributed by atoms with Gasteiger partial charge in [-0.2, -0.15) is 4.98 Å². The second kappa shape index (κ2) is 9.14. The number of anilines is 1. The number of aryl methyl sites for hydroxylation is 2. The quantitative estimate of drug-likeness (QED) is 0.345. The summed E-state index contributed by atoms with van der Waals surface area (Å²) in [6, 6.07) is 7.56. The Balaban J connectivity index is 1.86. The summed E-state index contributed by atoms with van der Waals surface area (Å²) < 4.78 is 8.57. The molecular formula is C20H29N6O4+. The summed E-state index contributed by atoms with van der Waals surface area (Å²) >= 11 is 0. The van der Waals surface area contributed by atoms with E-state index in [2.05, 4.69) is 15.3 Å². The van der Waals surface area contributed by atoms with Crippen LogP contribution >= 0.6 is 0 Å². The van der Waals surface area contributed by atoms with Crippen LogP contribution in [0.25, 0.3) is 11.2 Å². The number of imidazole rings is 1. The fourth-order valence-corrected chi connectivity index (χ4v) is 3.13. The molecule has 3 aromatic rings. The van der Waals surface area contributed by atoms with Crippen molar-refractivity contribution in [1.82, 2.24) is 19.1 Å². The summed E-state index contributed by atoms with van der Waals surface area (Å²) in [4.78, 5) is 32.4. The molecule has 30 heavy (non-hydrogen) atoms. The van der Waals surface area contributed by atoms with Crippen molar-refractivity contribution < 1.29 is 14.7 Å². The number of H-pyrrole nitrogens is 1. The van der Waals surface area contributed by atoms with Gasteiger partial charge in [-0.3, -0.25) is 14.3 Å². The van der Waals surface area contributed by atoms with E-state index >= 15 is 0 Å². The zero-order chi connectivity index (χ0) is 21.8. The van der Waals surface area contributed by atoms with Gasteiger partial charge in [-0.05, 0) is 24.6 Å². The maximum atomic E-state index is 12.5. The minimum absolute atomic E-state index is 0.0497. The number of quaternary nitrogens is 1. The number of nitrogens with one attached hydrogen (secondary N) is 3. The molecule has 0 aliphatic rings. The molecule has 0 aliphatic heterocycles. The molecule has 10 nitrogen and oxygen atoms in total. The smallest absolute Gasteiger partial charge is 0.329 e. The SMILES string of the molecule is Cc1cccc(OC[C@H](O)Cn2c(NCC[NH+](C)C)nc3c2c(=O)[nH]c(=O)n3C)c1. The molecule has 2 aromatic heterocycles. The van der Waals surface area contributed by atoms with E-state index in [1.54, 1.807) is 11.6 Å². The molecule has 0 saturated heterocycles. The van der Waals surface area contributed by atoms with E-state index in [4.69, 9.17) is 4.74 Å². The Labute approximate surface area is 173 Å². The third-order valence-corrected chi connectivity index (χ3v) is 4.74. The summed E-state index contributed by atoms with van der Waals surface area (Å²) in [6.45, 7) is 3.55. The minimum atomic E-state index is -0.889. The van der Waals surface area contributed by atoms with Crippen LogP contribution in [0.5, 0.6) is 5.75 Å². The van der Waals surface area contributed by atoms with Crippen LogP contribution in [0.4, 0.5) is 5.95 Å². The van der Waals surface area contributed by atoms with Gasteiger partial charge in [0.2, 0.25) is 5.95 Å². The lowest BCUT2D eigenvalue weighted by Gasteiger charge is -2.16. The van der Waals surface area contributed by atoms with Crippen LogP contribution in [0, 0.1) is 6.92 Å². The molecule has 10 heteroatoms. The number of hydrogen-bond acceptors (Lipinski definition) is 6. The summed E-state index contributed by atoms with van der Waals surface area (Å²) in [5.41, 5.74) is 0.467. The molecule has 0 radical (unpaired) electrons. The summed E-state index contributed by atoms with van der Waals surface area (Å²) in [5, 5.41) is 13.8. The second-order valence-corrected chi connectivity index (χ2v) is 7.70. The maximum Gasteiger partial charge on any atom is 0.329 e. The van der Waals surface area contributed by atoms with Gasteiger partial charge in [0, 0.05) is 7.05 Å². The molecule has 0 spiro atoms. The first-order valence-electron chi connectivity index (χ1n) is 9.86. The zero-order valence-corrected chi connectivity index (χ0v) is 17.7. The Bertz CT molecular complexity index is 1130. The number of aliphatic hydroxyl groups excluding tert-OH is 1. The third-order valence-electron chi connectivity index (χ3n) is 4.74. The molecule has 2 heterocycles. The Morgan fingerprint density at radius 3 is 2.80 bits per heavy atom. The van der Waals surface area contributed by atoms with Gasteiger partial charge in [0.25, 0.3) is 5.56 Å². The molecule has 1 aromatic carbocycles. The Morgan fingerprint density at radius 2 is 2.10 bits per heavy atom. The average Bonchev–Trinajstić information content (AvgIpc) is 3.03. The monoisotopic (exact) mass is 417 g/mol. The number of likely N-dealkylation sites (N-methyl/N-ethyl adjacent to an activating group) is 1. The molecule has 0 aliphatic carbocycles. The van der Waals surface area contributed by atoms with E-state index in [0.29, 0.717) is 18.2 Å². The van der Waals surface area contributed by atoms with Crippen molar-refractivity contribution in [2.24, 2.45) is 7.05 Å². The average molecular weight is 417 g/mol. The minimum Gasteiger partial charge on any atom is -0.491 e. The first kappa shape index (κ1) is 21.6. The van der Waals surface area contributed by atoms with Gasteiger partial charge in [0.1, 0.15) is 18.5 Å². The van der Waals surface area contributed by atoms with Crippen molar-refractivity contribution in [3.63, 3.8) is 0 Å². The second-order valence-electron chi connectivity index (χ2n) is 7.70. The number of hydrogen-bond donors (Lipinski definition) is 4. The number of aliphatic hydroxyl groups is 1. The topological polar surface area (TPSA) is 119 Å². The standard InChI is InChI=1S/C20H28N6O4/c1-13-6-5-7-15(10-13)30-12-14(27)11-26-16-17(25(4)20(29)23-18(16)28)22-19(26)21-8-9-24(2)3/h5-7,10,14,27H,8-9,11-12H2,1-4H3,(H,21,22)(H,23,28,29)/p+1/t14-/m1/s1. The van der Waals surface area contributed by atoms with E-state index in [1.807, 2.05) is 45.3 Å². The summed E-state index contributed by atoms with van der Waals surface area (Å²) in [6.07, 6.45) is -0.889. The number of ether oxygens (including phenoxy) is 1. The summed E-state index contributed by atoms with van der Waals surface area (Å²) in [5.74, 6) is 1.09. The van der Waals surface area contributed by atoms with Gasteiger partial charge in [-0.25, -0.2) is 4.79 Å². The number of fused-ring (bicyclic) bond motifs is 1. The van der Waals surface area contributed by atoms with Gasteiger partial charge in [0.15, 0.2) is 11.2 Å². The molecule has 3 rings (SSSR count). The molecule has 0 amide bonds. The van der Waals surface area contributed by atoms with E-state index in [1.165, 1.54) is 9.47 Å². The fraction of sp³-hybridized carbons (Fsp3) is 0.450. The van der Waals surface area contributed by atoms with Crippen LogP contribution in [-0.4, -0.2) is 64.1 Å². The molecule has 162 valence electrons. The first-order valence-corrected chi connectivity index (χ1v) is 9.86. The van der Waals surface area contributed by atoms with Gasteiger partial charge in [-0.15, -0.1) is 0 Å². The first-order chi connectivity index (χ1) is 14.3. The number of nitrogens with zero attached hydrogens (tertiary/aromatic N) is 3. The van der Waals surface area contributed by atoms with Crippen molar-refractivity contribution in [3.8, 4) is 5.75 Å². The Kier molecular flexibility index (Phi) is 6.58. The molecule has 0 fully saturated rings. The van der Waals surface area contributed by atoms with Crippen LogP contribution in [0.3, 0.4) is 0 Å². The maximum absolute atomic E-state index is 12.5. The van der Waals surface area contributed by atoms with E-state index in [-0.39, 0.29) is 24.3 Å². The van der Waals surface area contributed by atoms with Gasteiger partial charge in [0.05, 0.1) is 33.7 Å². The lowest BCUT2D eigenvalue weighted by Crippen LogP contribution is -3.06. The number of aromatic nitrogens is 4. The molecule has 1 atom stereocenters. The highest BCUT2D eigenvalue weighted by Crippen LogP contribution is 2.17.